The van der Waals surface area contributed by atoms with Crippen molar-refractivity contribution in [3.63, 3.8) is 0 Å². The summed E-state index contributed by atoms with van der Waals surface area (Å²) in [6.45, 7) is 7.17. The lowest BCUT2D eigenvalue weighted by Crippen LogP contribution is -2.32. The van der Waals surface area contributed by atoms with Crippen molar-refractivity contribution in [3.05, 3.63) is 29.3 Å². The van der Waals surface area contributed by atoms with Gasteiger partial charge >= 0.3 is 5.97 Å². The smallest absolute Gasteiger partial charge is 0.308 e. The van der Waals surface area contributed by atoms with E-state index in [9.17, 15) is 9.59 Å². The summed E-state index contributed by atoms with van der Waals surface area (Å²) in [5.41, 5.74) is 2.91. The first-order valence-electron chi connectivity index (χ1n) is 7.19. The zero-order chi connectivity index (χ0) is 15.6. The Labute approximate surface area is 125 Å². The first-order valence-corrected chi connectivity index (χ1v) is 7.19. The number of carboxylic acid groups (broad SMARTS) is 1. The lowest BCUT2D eigenvalue weighted by atomic mass is 9.99. The molecule has 0 aromatic heterocycles. The number of amides is 1. The Morgan fingerprint density at radius 3 is 2.43 bits per heavy atom. The predicted molar refractivity (Wildman–Crippen MR) is 81.3 cm³/mol. The molecule has 0 aliphatic carbocycles. The molecule has 1 aromatic carbocycles. The molecule has 2 atom stereocenters. The molecule has 5 heteroatoms. The molecule has 1 saturated heterocycles. The van der Waals surface area contributed by atoms with Crippen molar-refractivity contribution in [3.8, 4) is 0 Å². The van der Waals surface area contributed by atoms with Gasteiger partial charge in [-0.25, -0.2) is 0 Å². The average Bonchev–Trinajstić information content (AvgIpc) is 2.75. The number of nitrogens with zero attached hydrogens (tertiary/aromatic N) is 1. The molecule has 0 unspecified atom stereocenters. The second kappa shape index (κ2) is 6.26. The predicted octanol–water partition coefficient (Wildman–Crippen LogP) is 1.89. The van der Waals surface area contributed by atoms with Crippen molar-refractivity contribution in [2.24, 2.45) is 11.8 Å². The number of aliphatic carboxylic acids is 1. The molecule has 1 aromatic rings. The molecule has 1 aliphatic rings. The lowest BCUT2D eigenvalue weighted by Gasteiger charge is -2.16. The lowest BCUT2D eigenvalue weighted by molar-refractivity contribution is -0.142. The third kappa shape index (κ3) is 3.61. The molecule has 21 heavy (non-hydrogen) atoms. The Kier molecular flexibility index (Phi) is 4.63. The Morgan fingerprint density at radius 2 is 1.90 bits per heavy atom. The van der Waals surface area contributed by atoms with E-state index in [1.807, 2.05) is 43.9 Å². The van der Waals surface area contributed by atoms with Gasteiger partial charge in [0.2, 0.25) is 5.91 Å². The van der Waals surface area contributed by atoms with Crippen LogP contribution in [0.4, 0.5) is 5.69 Å². The summed E-state index contributed by atoms with van der Waals surface area (Å²) >= 11 is 0. The number of aryl methyl sites for hydroxylation is 2. The molecule has 0 radical (unpaired) electrons. The Balaban J connectivity index is 1.96. The number of carbonyl (C=O) groups is 2. The van der Waals surface area contributed by atoms with Crippen LogP contribution in [-0.2, 0) is 9.59 Å². The molecule has 1 amide bonds. The highest BCUT2D eigenvalue weighted by Crippen LogP contribution is 2.23. The van der Waals surface area contributed by atoms with E-state index in [-0.39, 0.29) is 24.3 Å². The Bertz CT molecular complexity index is 536. The Hall–Kier alpha value is -1.88. The van der Waals surface area contributed by atoms with Gasteiger partial charge in [-0.1, -0.05) is 25.1 Å². The van der Waals surface area contributed by atoms with Crippen molar-refractivity contribution < 1.29 is 14.7 Å². The fourth-order valence-corrected chi connectivity index (χ4v) is 2.91. The van der Waals surface area contributed by atoms with Gasteiger partial charge in [-0.05, 0) is 30.9 Å². The van der Waals surface area contributed by atoms with E-state index in [4.69, 9.17) is 5.11 Å². The fourth-order valence-electron chi connectivity index (χ4n) is 2.91. The summed E-state index contributed by atoms with van der Waals surface area (Å²) in [6.07, 6.45) is 0. The second-order valence-electron chi connectivity index (χ2n) is 5.93. The number of benzene rings is 1. The summed E-state index contributed by atoms with van der Waals surface area (Å²) in [6, 6.07) is 5.88. The fraction of sp³-hybridized carbons (Fsp3) is 0.500. The van der Waals surface area contributed by atoms with E-state index in [0.29, 0.717) is 13.1 Å². The number of anilines is 1. The first-order chi connectivity index (χ1) is 9.88. The van der Waals surface area contributed by atoms with E-state index < -0.39 is 5.97 Å². The van der Waals surface area contributed by atoms with Crippen LogP contribution in [0.1, 0.15) is 18.1 Å². The number of para-hydroxylation sites is 1. The van der Waals surface area contributed by atoms with Gasteiger partial charge in [-0.15, -0.1) is 0 Å². The normalized spacial score (nSPS) is 22.2. The van der Waals surface area contributed by atoms with Crippen LogP contribution >= 0.6 is 0 Å². The highest BCUT2D eigenvalue weighted by atomic mass is 16.4. The number of rotatable bonds is 4. The van der Waals surface area contributed by atoms with Gasteiger partial charge in [-0.2, -0.15) is 0 Å². The minimum absolute atomic E-state index is 0.0792. The van der Waals surface area contributed by atoms with E-state index in [1.54, 1.807) is 0 Å². The molecule has 1 heterocycles. The van der Waals surface area contributed by atoms with Gasteiger partial charge in [0.25, 0.3) is 0 Å². The molecular weight excluding hydrogens is 268 g/mol. The minimum atomic E-state index is -0.778. The van der Waals surface area contributed by atoms with E-state index in [0.717, 1.165) is 16.8 Å². The van der Waals surface area contributed by atoms with Crippen molar-refractivity contribution in [1.82, 2.24) is 4.90 Å². The van der Waals surface area contributed by atoms with E-state index in [2.05, 4.69) is 5.32 Å². The maximum Gasteiger partial charge on any atom is 0.308 e. The molecule has 0 saturated carbocycles. The summed E-state index contributed by atoms with van der Waals surface area (Å²) in [5, 5.41) is 12.1. The van der Waals surface area contributed by atoms with Gasteiger partial charge in [0.1, 0.15) is 0 Å². The quantitative estimate of drug-likeness (QED) is 0.888. The zero-order valence-electron chi connectivity index (χ0n) is 12.7. The molecule has 2 N–H and O–H groups in total. The molecule has 1 aliphatic heterocycles. The second-order valence-corrected chi connectivity index (χ2v) is 5.93. The minimum Gasteiger partial charge on any atom is -0.481 e. The van der Waals surface area contributed by atoms with Crippen LogP contribution in [0.25, 0.3) is 0 Å². The van der Waals surface area contributed by atoms with Gasteiger partial charge in [-0.3, -0.25) is 14.5 Å². The molecular formula is C16H22N2O3. The average molecular weight is 290 g/mol. The topological polar surface area (TPSA) is 69.6 Å². The van der Waals surface area contributed by atoms with Gasteiger partial charge in [0.15, 0.2) is 0 Å². The largest absolute Gasteiger partial charge is 0.481 e. The van der Waals surface area contributed by atoms with Crippen LogP contribution in [-0.4, -0.2) is 41.5 Å². The summed E-state index contributed by atoms with van der Waals surface area (Å²) in [4.78, 5) is 25.2. The summed E-state index contributed by atoms with van der Waals surface area (Å²) in [5.74, 6) is -1.17. The molecule has 114 valence electrons. The number of nitrogens with one attached hydrogen (secondary N) is 1. The van der Waals surface area contributed by atoms with Gasteiger partial charge in [0, 0.05) is 18.8 Å². The molecule has 5 nitrogen and oxygen atoms in total. The van der Waals surface area contributed by atoms with Crippen LogP contribution in [0.5, 0.6) is 0 Å². The van der Waals surface area contributed by atoms with Crippen LogP contribution in [0.15, 0.2) is 18.2 Å². The highest BCUT2D eigenvalue weighted by Gasteiger charge is 2.35. The molecule has 0 bridgehead atoms. The van der Waals surface area contributed by atoms with Crippen molar-refractivity contribution in [1.29, 1.82) is 0 Å². The SMILES string of the molecule is Cc1cccc(C)c1NC(=O)CN1C[C@@H](C)[C@H](C(=O)O)C1. The van der Waals surface area contributed by atoms with Crippen LogP contribution in [0, 0.1) is 25.7 Å². The maximum atomic E-state index is 12.2. The third-order valence-corrected chi connectivity index (χ3v) is 4.12. The zero-order valence-corrected chi connectivity index (χ0v) is 12.7. The summed E-state index contributed by atoms with van der Waals surface area (Å²) in [7, 11) is 0. The molecule has 2 rings (SSSR count). The van der Waals surface area contributed by atoms with E-state index >= 15 is 0 Å². The number of carbonyl (C=O) groups excluding carboxylic acids is 1. The summed E-state index contributed by atoms with van der Waals surface area (Å²) < 4.78 is 0. The maximum absolute atomic E-state index is 12.2. The number of likely N-dealkylation sites (tertiary alicyclic amines) is 1. The first kappa shape index (κ1) is 15.5. The highest BCUT2D eigenvalue weighted by molar-refractivity contribution is 5.93. The van der Waals surface area contributed by atoms with Crippen molar-refractivity contribution in [2.75, 3.05) is 25.0 Å². The molecule has 0 spiro atoms. The van der Waals surface area contributed by atoms with Gasteiger partial charge < -0.3 is 10.4 Å². The number of hydrogen-bond acceptors (Lipinski definition) is 3. The Morgan fingerprint density at radius 1 is 1.29 bits per heavy atom. The van der Waals surface area contributed by atoms with Crippen LogP contribution in [0.3, 0.4) is 0 Å². The standard InChI is InChI=1S/C16H22N2O3/c1-10-5-4-6-11(2)15(10)17-14(19)9-18-7-12(3)13(8-18)16(20)21/h4-6,12-13H,7-9H2,1-3H3,(H,17,19)(H,20,21)/t12-,13-/m1/s1. The van der Waals surface area contributed by atoms with Gasteiger partial charge in [0.05, 0.1) is 12.5 Å². The third-order valence-electron chi connectivity index (χ3n) is 4.12. The van der Waals surface area contributed by atoms with E-state index in [1.165, 1.54) is 0 Å². The number of carboxylic acids is 1. The molecule has 1 fully saturated rings. The van der Waals surface area contributed by atoms with Crippen molar-refractivity contribution >= 4 is 17.6 Å². The number of hydrogen-bond donors (Lipinski definition) is 2. The van der Waals surface area contributed by atoms with Crippen LogP contribution in [0.2, 0.25) is 0 Å². The monoisotopic (exact) mass is 290 g/mol. The van der Waals surface area contributed by atoms with Crippen LogP contribution < -0.4 is 5.32 Å². The van der Waals surface area contributed by atoms with Crippen molar-refractivity contribution in [2.45, 2.75) is 20.8 Å².